The zero-order chi connectivity index (χ0) is 12.3. The minimum Gasteiger partial charge on any atom is -0.465 e. The smallest absolute Gasteiger partial charge is 0.122 e. The summed E-state index contributed by atoms with van der Waals surface area (Å²) >= 11 is 0. The van der Waals surface area contributed by atoms with E-state index in [1.807, 2.05) is 19.1 Å². The van der Waals surface area contributed by atoms with E-state index in [0.29, 0.717) is 12.6 Å². The van der Waals surface area contributed by atoms with Gasteiger partial charge in [-0.15, -0.1) is 0 Å². The van der Waals surface area contributed by atoms with Crippen LogP contribution in [0.2, 0.25) is 0 Å². The Labute approximate surface area is 103 Å². The summed E-state index contributed by atoms with van der Waals surface area (Å²) in [6, 6.07) is 4.21. The average Bonchev–Trinajstić information content (AvgIpc) is 2.77. The number of nitrogens with two attached hydrogens (primary N) is 1. The van der Waals surface area contributed by atoms with Crippen molar-refractivity contribution in [3.05, 3.63) is 23.7 Å². The lowest BCUT2D eigenvalue weighted by atomic mass is 10.0. The molecule has 0 spiro atoms. The SMILES string of the molecule is COC1CCCN(C(CN)c2ccc(C)o2)C1. The molecule has 4 heteroatoms. The van der Waals surface area contributed by atoms with E-state index in [0.717, 1.165) is 37.5 Å². The summed E-state index contributed by atoms with van der Waals surface area (Å²) in [6.07, 6.45) is 2.63. The van der Waals surface area contributed by atoms with E-state index < -0.39 is 0 Å². The van der Waals surface area contributed by atoms with Gasteiger partial charge in [0.15, 0.2) is 0 Å². The molecule has 2 N–H and O–H groups in total. The van der Waals surface area contributed by atoms with Gasteiger partial charge in [0, 0.05) is 20.2 Å². The van der Waals surface area contributed by atoms with Crippen molar-refractivity contribution in [2.45, 2.75) is 31.9 Å². The van der Waals surface area contributed by atoms with Crippen LogP contribution in [0.4, 0.5) is 0 Å². The fourth-order valence-corrected chi connectivity index (χ4v) is 2.52. The zero-order valence-electron chi connectivity index (χ0n) is 10.7. The maximum Gasteiger partial charge on any atom is 0.122 e. The van der Waals surface area contributed by atoms with Crippen molar-refractivity contribution in [3.8, 4) is 0 Å². The second-order valence-electron chi connectivity index (χ2n) is 4.69. The topological polar surface area (TPSA) is 51.6 Å². The molecule has 0 aliphatic carbocycles. The van der Waals surface area contributed by atoms with Crippen LogP contribution in [0.5, 0.6) is 0 Å². The summed E-state index contributed by atoms with van der Waals surface area (Å²) in [5.41, 5.74) is 5.89. The van der Waals surface area contributed by atoms with E-state index in [-0.39, 0.29) is 6.04 Å². The minimum atomic E-state index is 0.182. The van der Waals surface area contributed by atoms with Gasteiger partial charge in [0.2, 0.25) is 0 Å². The highest BCUT2D eigenvalue weighted by atomic mass is 16.5. The van der Waals surface area contributed by atoms with Crippen LogP contribution < -0.4 is 5.73 Å². The van der Waals surface area contributed by atoms with Crippen molar-refractivity contribution >= 4 is 0 Å². The number of likely N-dealkylation sites (tertiary alicyclic amines) is 1. The van der Waals surface area contributed by atoms with Gasteiger partial charge in [0.25, 0.3) is 0 Å². The van der Waals surface area contributed by atoms with Gasteiger partial charge in [0.1, 0.15) is 11.5 Å². The van der Waals surface area contributed by atoms with Crippen LogP contribution in [-0.4, -0.2) is 37.7 Å². The summed E-state index contributed by atoms with van der Waals surface area (Å²) in [4.78, 5) is 2.37. The lowest BCUT2D eigenvalue weighted by Gasteiger charge is -2.36. The first kappa shape index (κ1) is 12.6. The Kier molecular flexibility index (Phi) is 4.20. The van der Waals surface area contributed by atoms with Gasteiger partial charge in [-0.2, -0.15) is 0 Å². The van der Waals surface area contributed by atoms with Crippen molar-refractivity contribution in [3.63, 3.8) is 0 Å². The molecule has 2 heterocycles. The van der Waals surface area contributed by atoms with Crippen LogP contribution in [0.25, 0.3) is 0 Å². The number of nitrogens with zero attached hydrogens (tertiary/aromatic N) is 1. The molecule has 1 aliphatic heterocycles. The van der Waals surface area contributed by atoms with Crippen LogP contribution in [0.3, 0.4) is 0 Å². The molecule has 1 aromatic heterocycles. The molecular formula is C13H22N2O2. The Morgan fingerprint density at radius 2 is 2.41 bits per heavy atom. The molecule has 1 saturated heterocycles. The largest absolute Gasteiger partial charge is 0.465 e. The standard InChI is InChI=1S/C13H22N2O2/c1-10-5-6-13(17-10)12(8-14)15-7-3-4-11(9-15)16-2/h5-6,11-12H,3-4,7-9,14H2,1-2H3. The second kappa shape index (κ2) is 5.67. The number of furan rings is 1. The second-order valence-corrected chi connectivity index (χ2v) is 4.69. The first-order chi connectivity index (χ1) is 8.24. The third-order valence-electron chi connectivity index (χ3n) is 3.50. The summed E-state index contributed by atoms with van der Waals surface area (Å²) in [6.45, 7) is 4.56. The average molecular weight is 238 g/mol. The van der Waals surface area contributed by atoms with Crippen molar-refractivity contribution in [2.24, 2.45) is 5.73 Å². The molecule has 4 nitrogen and oxygen atoms in total. The summed E-state index contributed by atoms with van der Waals surface area (Å²) < 4.78 is 11.1. The third kappa shape index (κ3) is 2.89. The van der Waals surface area contributed by atoms with E-state index in [2.05, 4.69) is 4.90 Å². The number of methoxy groups -OCH3 is 1. The maximum absolute atomic E-state index is 5.89. The highest BCUT2D eigenvalue weighted by molar-refractivity contribution is 5.10. The molecule has 0 bridgehead atoms. The number of aryl methyl sites for hydroxylation is 1. The molecule has 17 heavy (non-hydrogen) atoms. The Morgan fingerprint density at radius 1 is 1.59 bits per heavy atom. The van der Waals surface area contributed by atoms with Crippen molar-refractivity contribution in [1.82, 2.24) is 4.90 Å². The monoisotopic (exact) mass is 238 g/mol. The first-order valence-corrected chi connectivity index (χ1v) is 6.28. The minimum absolute atomic E-state index is 0.182. The van der Waals surface area contributed by atoms with E-state index in [1.165, 1.54) is 0 Å². The first-order valence-electron chi connectivity index (χ1n) is 6.28. The van der Waals surface area contributed by atoms with Gasteiger partial charge in [-0.3, -0.25) is 4.90 Å². The van der Waals surface area contributed by atoms with Gasteiger partial charge in [-0.05, 0) is 38.4 Å². The van der Waals surface area contributed by atoms with Crippen molar-refractivity contribution in [1.29, 1.82) is 0 Å². The summed E-state index contributed by atoms with van der Waals surface area (Å²) in [5.74, 6) is 1.92. The highest BCUT2D eigenvalue weighted by Gasteiger charge is 2.27. The molecule has 0 amide bonds. The number of hydrogen-bond donors (Lipinski definition) is 1. The molecule has 0 saturated carbocycles. The number of ether oxygens (including phenoxy) is 1. The molecule has 1 fully saturated rings. The van der Waals surface area contributed by atoms with Gasteiger partial charge in [-0.1, -0.05) is 0 Å². The fraction of sp³-hybridized carbons (Fsp3) is 0.692. The van der Waals surface area contributed by atoms with E-state index >= 15 is 0 Å². The van der Waals surface area contributed by atoms with E-state index in [4.69, 9.17) is 14.9 Å². The Morgan fingerprint density at radius 3 is 3.00 bits per heavy atom. The van der Waals surface area contributed by atoms with Gasteiger partial charge in [0.05, 0.1) is 12.1 Å². The van der Waals surface area contributed by atoms with Crippen LogP contribution in [-0.2, 0) is 4.74 Å². The summed E-state index contributed by atoms with van der Waals surface area (Å²) in [5, 5.41) is 0. The Hall–Kier alpha value is -0.840. The van der Waals surface area contributed by atoms with Gasteiger partial charge in [-0.25, -0.2) is 0 Å². The zero-order valence-corrected chi connectivity index (χ0v) is 10.7. The van der Waals surface area contributed by atoms with Crippen LogP contribution in [0.15, 0.2) is 16.5 Å². The molecule has 2 atom stereocenters. The van der Waals surface area contributed by atoms with Crippen LogP contribution in [0, 0.1) is 6.92 Å². The van der Waals surface area contributed by atoms with Crippen molar-refractivity contribution in [2.75, 3.05) is 26.7 Å². The Bertz CT molecular complexity index is 351. The summed E-state index contributed by atoms with van der Waals surface area (Å²) in [7, 11) is 1.78. The number of rotatable bonds is 4. The predicted octanol–water partition coefficient (Wildman–Crippen LogP) is 1.70. The quantitative estimate of drug-likeness (QED) is 0.867. The van der Waals surface area contributed by atoms with Crippen molar-refractivity contribution < 1.29 is 9.15 Å². The highest BCUT2D eigenvalue weighted by Crippen LogP contribution is 2.26. The third-order valence-corrected chi connectivity index (χ3v) is 3.50. The molecule has 2 rings (SSSR count). The molecule has 0 radical (unpaired) electrons. The van der Waals surface area contributed by atoms with Crippen LogP contribution >= 0.6 is 0 Å². The molecule has 1 aliphatic rings. The lowest BCUT2D eigenvalue weighted by Crippen LogP contribution is -2.43. The molecule has 2 unspecified atom stereocenters. The molecule has 0 aromatic carbocycles. The molecular weight excluding hydrogens is 216 g/mol. The van der Waals surface area contributed by atoms with Gasteiger partial charge >= 0.3 is 0 Å². The number of hydrogen-bond acceptors (Lipinski definition) is 4. The predicted molar refractivity (Wildman–Crippen MR) is 66.8 cm³/mol. The van der Waals surface area contributed by atoms with E-state index in [1.54, 1.807) is 7.11 Å². The normalized spacial score (nSPS) is 23.8. The Balaban J connectivity index is 2.07. The molecule has 1 aromatic rings. The van der Waals surface area contributed by atoms with E-state index in [9.17, 15) is 0 Å². The lowest BCUT2D eigenvalue weighted by molar-refractivity contribution is 0.0118. The fourth-order valence-electron chi connectivity index (χ4n) is 2.52. The van der Waals surface area contributed by atoms with Gasteiger partial charge < -0.3 is 14.9 Å². The number of piperidine rings is 1. The van der Waals surface area contributed by atoms with Crippen LogP contribution in [0.1, 0.15) is 30.4 Å². The molecule has 96 valence electrons. The maximum atomic E-state index is 5.89.